The summed E-state index contributed by atoms with van der Waals surface area (Å²) in [6.07, 6.45) is 2.69. The van der Waals surface area contributed by atoms with Gasteiger partial charge in [-0.1, -0.05) is 19.8 Å². The van der Waals surface area contributed by atoms with Gasteiger partial charge in [0.1, 0.15) is 5.82 Å². The number of aliphatic hydroxyl groups is 1. The lowest BCUT2D eigenvalue weighted by Crippen LogP contribution is -2.32. The molecule has 108 valence electrons. The molecule has 0 spiro atoms. The van der Waals surface area contributed by atoms with Crippen molar-refractivity contribution in [2.24, 2.45) is 0 Å². The summed E-state index contributed by atoms with van der Waals surface area (Å²) >= 11 is 0. The highest BCUT2D eigenvalue weighted by Gasteiger charge is 2.18. The van der Waals surface area contributed by atoms with Crippen LogP contribution < -0.4 is 4.72 Å². The lowest BCUT2D eigenvalue weighted by atomic mass is 10.2. The number of hydrogen-bond acceptors (Lipinski definition) is 3. The number of sulfonamides is 1. The zero-order valence-corrected chi connectivity index (χ0v) is 12.0. The van der Waals surface area contributed by atoms with Crippen molar-refractivity contribution in [1.82, 2.24) is 4.72 Å². The van der Waals surface area contributed by atoms with E-state index >= 15 is 0 Å². The van der Waals surface area contributed by atoms with E-state index in [0.717, 1.165) is 31.4 Å². The second-order valence-electron chi connectivity index (χ2n) is 4.58. The minimum atomic E-state index is -3.67. The molecule has 0 aliphatic heterocycles. The fourth-order valence-corrected chi connectivity index (χ4v) is 3.07. The molecule has 0 amide bonds. The highest BCUT2D eigenvalue weighted by atomic mass is 32.2. The van der Waals surface area contributed by atoms with E-state index in [4.69, 9.17) is 5.11 Å². The molecule has 0 fully saturated rings. The standard InChI is InChI=1S/C13H20FNO3S/c1-3-4-5-10(2)15-19(17,18)12-6-7-13(14)11(8-12)9-16/h6-8,10,15-16H,3-5,9H2,1-2H3. The van der Waals surface area contributed by atoms with E-state index in [0.29, 0.717) is 0 Å². The van der Waals surface area contributed by atoms with E-state index in [9.17, 15) is 12.8 Å². The average Bonchev–Trinajstić information content (AvgIpc) is 2.36. The summed E-state index contributed by atoms with van der Waals surface area (Å²) < 4.78 is 39.9. The Morgan fingerprint density at radius 1 is 1.42 bits per heavy atom. The minimum absolute atomic E-state index is 0.0240. The van der Waals surface area contributed by atoms with E-state index in [1.54, 1.807) is 6.92 Å². The lowest BCUT2D eigenvalue weighted by molar-refractivity contribution is 0.275. The molecule has 0 saturated carbocycles. The van der Waals surface area contributed by atoms with Crippen molar-refractivity contribution in [2.45, 2.75) is 50.7 Å². The third-order valence-corrected chi connectivity index (χ3v) is 4.43. The average molecular weight is 289 g/mol. The topological polar surface area (TPSA) is 66.4 Å². The summed E-state index contributed by atoms with van der Waals surface area (Å²) in [5.74, 6) is -0.611. The zero-order chi connectivity index (χ0) is 14.5. The second-order valence-corrected chi connectivity index (χ2v) is 6.29. The molecular weight excluding hydrogens is 269 g/mol. The Morgan fingerprint density at radius 3 is 2.68 bits per heavy atom. The first-order valence-corrected chi connectivity index (χ1v) is 7.80. The van der Waals surface area contributed by atoms with E-state index < -0.39 is 22.4 Å². The number of hydrogen-bond donors (Lipinski definition) is 2. The first-order chi connectivity index (χ1) is 8.90. The molecule has 19 heavy (non-hydrogen) atoms. The zero-order valence-electron chi connectivity index (χ0n) is 11.2. The molecule has 0 aromatic heterocycles. The summed E-state index contributed by atoms with van der Waals surface area (Å²) in [5, 5.41) is 8.95. The summed E-state index contributed by atoms with van der Waals surface area (Å²) in [6.45, 7) is 3.30. The van der Waals surface area contributed by atoms with Crippen molar-refractivity contribution in [3.8, 4) is 0 Å². The summed E-state index contributed by atoms with van der Waals surface area (Å²) in [5.41, 5.74) is -0.0240. The largest absolute Gasteiger partial charge is 0.392 e. The van der Waals surface area contributed by atoms with Gasteiger partial charge in [0.05, 0.1) is 11.5 Å². The number of benzene rings is 1. The van der Waals surface area contributed by atoms with Gasteiger partial charge in [-0.3, -0.25) is 0 Å². The normalized spacial score (nSPS) is 13.5. The van der Waals surface area contributed by atoms with E-state index in [2.05, 4.69) is 4.72 Å². The van der Waals surface area contributed by atoms with Crippen LogP contribution in [0.3, 0.4) is 0 Å². The van der Waals surface area contributed by atoms with Crippen LogP contribution in [0.4, 0.5) is 4.39 Å². The van der Waals surface area contributed by atoms with Gasteiger partial charge in [-0.25, -0.2) is 17.5 Å². The SMILES string of the molecule is CCCCC(C)NS(=O)(=O)c1ccc(F)c(CO)c1. The number of halogens is 1. The van der Waals surface area contributed by atoms with Crippen LogP contribution in [0.5, 0.6) is 0 Å². The van der Waals surface area contributed by atoms with Gasteiger partial charge in [0.15, 0.2) is 0 Å². The third kappa shape index (κ3) is 4.56. The van der Waals surface area contributed by atoms with Gasteiger partial charge in [0.2, 0.25) is 10.0 Å². The Kier molecular flexibility index (Phi) is 5.90. The van der Waals surface area contributed by atoms with E-state index in [1.165, 1.54) is 6.07 Å². The van der Waals surface area contributed by atoms with Gasteiger partial charge in [-0.05, 0) is 31.5 Å². The smallest absolute Gasteiger partial charge is 0.240 e. The van der Waals surface area contributed by atoms with Gasteiger partial charge >= 0.3 is 0 Å². The Balaban J connectivity index is 2.88. The predicted octanol–water partition coefficient (Wildman–Crippen LogP) is 2.17. The van der Waals surface area contributed by atoms with Crippen LogP contribution in [0, 0.1) is 5.82 Å². The number of nitrogens with one attached hydrogen (secondary N) is 1. The molecule has 1 aromatic rings. The first-order valence-electron chi connectivity index (χ1n) is 6.32. The summed E-state index contributed by atoms with van der Waals surface area (Å²) in [7, 11) is -3.67. The molecule has 2 N–H and O–H groups in total. The van der Waals surface area contributed by atoms with Gasteiger partial charge in [0, 0.05) is 11.6 Å². The monoisotopic (exact) mass is 289 g/mol. The molecule has 0 radical (unpaired) electrons. The molecule has 6 heteroatoms. The molecule has 1 unspecified atom stereocenters. The van der Waals surface area contributed by atoms with Crippen molar-refractivity contribution in [3.63, 3.8) is 0 Å². The second kappa shape index (κ2) is 6.98. The van der Waals surface area contributed by atoms with Gasteiger partial charge in [-0.15, -0.1) is 0 Å². The third-order valence-electron chi connectivity index (χ3n) is 2.84. The Labute approximate surface area is 113 Å². The first kappa shape index (κ1) is 16.1. The number of unbranched alkanes of at least 4 members (excludes halogenated alkanes) is 1. The molecule has 0 aliphatic rings. The lowest BCUT2D eigenvalue weighted by Gasteiger charge is -2.14. The molecule has 1 aromatic carbocycles. The summed E-state index contributed by atoms with van der Waals surface area (Å²) in [4.78, 5) is -0.0266. The Bertz CT molecular complexity index is 517. The minimum Gasteiger partial charge on any atom is -0.392 e. The highest BCUT2D eigenvalue weighted by Crippen LogP contribution is 2.16. The quantitative estimate of drug-likeness (QED) is 0.808. The van der Waals surface area contributed by atoms with E-state index in [-0.39, 0.29) is 16.5 Å². The van der Waals surface area contributed by atoms with Gasteiger partial charge in [0.25, 0.3) is 0 Å². The van der Waals surface area contributed by atoms with Gasteiger partial charge < -0.3 is 5.11 Å². The van der Waals surface area contributed by atoms with E-state index in [1.807, 2.05) is 6.92 Å². The Hall–Kier alpha value is -0.980. The maximum atomic E-state index is 13.2. The van der Waals surface area contributed by atoms with Gasteiger partial charge in [-0.2, -0.15) is 0 Å². The fraction of sp³-hybridized carbons (Fsp3) is 0.538. The molecule has 0 saturated heterocycles. The molecule has 4 nitrogen and oxygen atoms in total. The Morgan fingerprint density at radius 2 is 2.11 bits per heavy atom. The molecule has 1 rings (SSSR count). The van der Waals surface area contributed by atoms with Crippen molar-refractivity contribution < 1.29 is 17.9 Å². The fourth-order valence-electron chi connectivity index (χ4n) is 1.74. The van der Waals surface area contributed by atoms with Crippen molar-refractivity contribution in [3.05, 3.63) is 29.6 Å². The number of aliphatic hydroxyl groups excluding tert-OH is 1. The van der Waals surface area contributed by atoms with Crippen LogP contribution in [0.25, 0.3) is 0 Å². The van der Waals surface area contributed by atoms with Crippen LogP contribution in [0.15, 0.2) is 23.1 Å². The molecule has 1 atom stereocenters. The maximum absolute atomic E-state index is 13.2. The van der Waals surface area contributed by atoms with Crippen molar-refractivity contribution in [1.29, 1.82) is 0 Å². The van der Waals surface area contributed by atoms with Crippen LogP contribution >= 0.6 is 0 Å². The highest BCUT2D eigenvalue weighted by molar-refractivity contribution is 7.89. The number of rotatable bonds is 7. The molecular formula is C13H20FNO3S. The molecule has 0 heterocycles. The summed E-state index contributed by atoms with van der Waals surface area (Å²) in [6, 6.07) is 3.23. The van der Waals surface area contributed by atoms with Crippen molar-refractivity contribution >= 4 is 10.0 Å². The maximum Gasteiger partial charge on any atom is 0.240 e. The van der Waals surface area contributed by atoms with Crippen molar-refractivity contribution in [2.75, 3.05) is 0 Å². The van der Waals surface area contributed by atoms with Crippen LogP contribution in [-0.2, 0) is 16.6 Å². The predicted molar refractivity (Wildman–Crippen MR) is 71.6 cm³/mol. The van der Waals surface area contributed by atoms with Crippen LogP contribution in [0.1, 0.15) is 38.7 Å². The van der Waals surface area contributed by atoms with Crippen LogP contribution in [0.2, 0.25) is 0 Å². The van der Waals surface area contributed by atoms with Crippen LogP contribution in [-0.4, -0.2) is 19.6 Å². The molecule has 0 bridgehead atoms. The molecule has 0 aliphatic carbocycles.